The first-order valence-corrected chi connectivity index (χ1v) is 7.55. The van der Waals surface area contributed by atoms with Gasteiger partial charge in [-0.3, -0.25) is 4.79 Å². The molecule has 0 aliphatic carbocycles. The van der Waals surface area contributed by atoms with E-state index in [0.29, 0.717) is 11.5 Å². The molecule has 1 amide bonds. The van der Waals surface area contributed by atoms with Crippen LogP contribution in [0.2, 0.25) is 0 Å². The van der Waals surface area contributed by atoms with Crippen molar-refractivity contribution in [2.75, 3.05) is 6.54 Å². The van der Waals surface area contributed by atoms with E-state index in [1.165, 1.54) is 12.3 Å². The number of piperidine rings is 1. The van der Waals surface area contributed by atoms with Crippen LogP contribution < -0.4 is 0 Å². The number of aromatic nitrogens is 1. The van der Waals surface area contributed by atoms with Gasteiger partial charge in [0.05, 0.1) is 5.56 Å². The topological polar surface area (TPSA) is 70.5 Å². The highest BCUT2D eigenvalue weighted by molar-refractivity contribution is 5.95. The first-order valence-electron chi connectivity index (χ1n) is 7.55. The summed E-state index contributed by atoms with van der Waals surface area (Å²) < 4.78 is 0. The Bertz CT molecular complexity index is 513. The maximum atomic E-state index is 12.7. The molecule has 1 aliphatic rings. The number of pyridine rings is 1. The number of hydrogen-bond donors (Lipinski definition) is 1. The number of carboxylic acid groups (broad SMARTS) is 1. The standard InChI is InChI=1S/C16H22N2O3/c1-3-5-14-11(2)6-4-9-18(14)15(19)12-7-8-13(16(20)21)17-10-12/h7-8,10-11,14H,3-6,9H2,1-2H3,(H,20,21). The molecule has 114 valence electrons. The van der Waals surface area contributed by atoms with E-state index in [2.05, 4.69) is 18.8 Å². The minimum atomic E-state index is -1.08. The zero-order valence-electron chi connectivity index (χ0n) is 12.6. The van der Waals surface area contributed by atoms with Crippen molar-refractivity contribution in [2.24, 2.45) is 5.92 Å². The van der Waals surface area contributed by atoms with Gasteiger partial charge in [-0.25, -0.2) is 9.78 Å². The average molecular weight is 290 g/mol. The molecule has 2 atom stereocenters. The lowest BCUT2D eigenvalue weighted by Gasteiger charge is -2.40. The van der Waals surface area contributed by atoms with Gasteiger partial charge in [-0.05, 0) is 37.3 Å². The molecule has 1 aromatic rings. The van der Waals surface area contributed by atoms with Crippen LogP contribution in [-0.2, 0) is 0 Å². The minimum Gasteiger partial charge on any atom is -0.477 e. The highest BCUT2D eigenvalue weighted by Gasteiger charge is 2.31. The van der Waals surface area contributed by atoms with E-state index < -0.39 is 5.97 Å². The fourth-order valence-corrected chi connectivity index (χ4v) is 3.05. The molecule has 5 heteroatoms. The number of nitrogens with zero attached hydrogens (tertiary/aromatic N) is 2. The molecule has 2 heterocycles. The van der Waals surface area contributed by atoms with Crippen LogP contribution in [0.4, 0.5) is 0 Å². The van der Waals surface area contributed by atoms with Crippen molar-refractivity contribution in [1.82, 2.24) is 9.88 Å². The predicted octanol–water partition coefficient (Wildman–Crippen LogP) is 2.82. The van der Waals surface area contributed by atoms with Crippen LogP contribution in [0, 0.1) is 5.92 Å². The fraction of sp³-hybridized carbons (Fsp3) is 0.562. The summed E-state index contributed by atoms with van der Waals surface area (Å²) in [7, 11) is 0. The molecule has 1 N–H and O–H groups in total. The second-order valence-electron chi connectivity index (χ2n) is 5.71. The first-order chi connectivity index (χ1) is 10.0. The van der Waals surface area contributed by atoms with Gasteiger partial charge in [0.25, 0.3) is 5.91 Å². The summed E-state index contributed by atoms with van der Waals surface area (Å²) in [5.41, 5.74) is 0.430. The SMILES string of the molecule is CCCC1C(C)CCCN1C(=O)c1ccc(C(=O)O)nc1. The third-order valence-electron chi connectivity index (χ3n) is 4.19. The van der Waals surface area contributed by atoms with Gasteiger partial charge in [-0.2, -0.15) is 0 Å². The summed E-state index contributed by atoms with van der Waals surface area (Å²) in [6.45, 7) is 5.10. The Morgan fingerprint density at radius 3 is 2.76 bits per heavy atom. The van der Waals surface area contributed by atoms with Gasteiger partial charge >= 0.3 is 5.97 Å². The van der Waals surface area contributed by atoms with E-state index >= 15 is 0 Å². The van der Waals surface area contributed by atoms with Crippen molar-refractivity contribution in [3.8, 4) is 0 Å². The highest BCUT2D eigenvalue weighted by Crippen LogP contribution is 2.27. The number of likely N-dealkylation sites (tertiary alicyclic amines) is 1. The molecule has 1 aromatic heterocycles. The Hall–Kier alpha value is -1.91. The Labute approximate surface area is 125 Å². The van der Waals surface area contributed by atoms with Crippen molar-refractivity contribution >= 4 is 11.9 Å². The number of hydrogen-bond acceptors (Lipinski definition) is 3. The van der Waals surface area contributed by atoms with Gasteiger partial charge in [0, 0.05) is 18.8 Å². The van der Waals surface area contributed by atoms with Crippen LogP contribution in [-0.4, -0.2) is 39.5 Å². The maximum Gasteiger partial charge on any atom is 0.354 e. The van der Waals surface area contributed by atoms with E-state index in [4.69, 9.17) is 5.11 Å². The molecule has 0 aromatic carbocycles. The molecular formula is C16H22N2O3. The van der Waals surface area contributed by atoms with Gasteiger partial charge < -0.3 is 10.0 Å². The summed E-state index contributed by atoms with van der Waals surface area (Å²) in [5.74, 6) is -0.609. The monoisotopic (exact) mass is 290 g/mol. The third-order valence-corrected chi connectivity index (χ3v) is 4.19. The largest absolute Gasteiger partial charge is 0.477 e. The van der Waals surface area contributed by atoms with Gasteiger partial charge in [0.2, 0.25) is 0 Å². The van der Waals surface area contributed by atoms with Crippen LogP contribution >= 0.6 is 0 Å². The highest BCUT2D eigenvalue weighted by atomic mass is 16.4. The summed E-state index contributed by atoms with van der Waals surface area (Å²) in [6, 6.07) is 3.22. The lowest BCUT2D eigenvalue weighted by molar-refractivity contribution is 0.0496. The van der Waals surface area contributed by atoms with E-state index in [1.54, 1.807) is 6.07 Å². The Balaban J connectivity index is 2.18. The Morgan fingerprint density at radius 2 is 2.19 bits per heavy atom. The molecule has 21 heavy (non-hydrogen) atoms. The molecule has 0 bridgehead atoms. The molecule has 0 radical (unpaired) electrons. The summed E-state index contributed by atoms with van der Waals surface area (Å²) in [4.78, 5) is 29.2. The minimum absolute atomic E-state index is 0.0376. The quantitative estimate of drug-likeness (QED) is 0.925. The van der Waals surface area contributed by atoms with Gasteiger partial charge in [0.15, 0.2) is 0 Å². The number of carboxylic acids is 1. The lowest BCUT2D eigenvalue weighted by Crippen LogP contribution is -2.47. The number of amides is 1. The second kappa shape index (κ2) is 6.70. The zero-order valence-corrected chi connectivity index (χ0v) is 12.6. The van der Waals surface area contributed by atoms with Gasteiger partial charge in [0.1, 0.15) is 5.69 Å². The summed E-state index contributed by atoms with van der Waals surface area (Å²) in [6.07, 6.45) is 5.61. The summed E-state index contributed by atoms with van der Waals surface area (Å²) in [5, 5.41) is 8.85. The van der Waals surface area contributed by atoms with E-state index in [-0.39, 0.29) is 17.6 Å². The molecular weight excluding hydrogens is 268 g/mol. The van der Waals surface area contributed by atoms with Gasteiger partial charge in [-0.15, -0.1) is 0 Å². The number of rotatable bonds is 4. The van der Waals surface area contributed by atoms with Gasteiger partial charge in [-0.1, -0.05) is 20.3 Å². The van der Waals surface area contributed by atoms with Crippen LogP contribution in [0.15, 0.2) is 18.3 Å². The van der Waals surface area contributed by atoms with E-state index in [1.807, 2.05) is 4.90 Å². The van der Waals surface area contributed by atoms with Crippen LogP contribution in [0.3, 0.4) is 0 Å². The smallest absolute Gasteiger partial charge is 0.354 e. The molecule has 5 nitrogen and oxygen atoms in total. The van der Waals surface area contributed by atoms with Crippen molar-refractivity contribution in [2.45, 2.75) is 45.6 Å². The maximum absolute atomic E-state index is 12.7. The molecule has 0 spiro atoms. The van der Waals surface area contributed by atoms with Crippen LogP contribution in [0.25, 0.3) is 0 Å². The van der Waals surface area contributed by atoms with Crippen molar-refractivity contribution in [1.29, 1.82) is 0 Å². The molecule has 1 saturated heterocycles. The fourth-order valence-electron chi connectivity index (χ4n) is 3.05. The Kier molecular flexibility index (Phi) is 4.94. The predicted molar refractivity (Wildman–Crippen MR) is 79.3 cm³/mol. The number of carbonyl (C=O) groups is 2. The molecule has 1 aliphatic heterocycles. The second-order valence-corrected chi connectivity index (χ2v) is 5.71. The third kappa shape index (κ3) is 3.40. The number of carbonyl (C=O) groups excluding carboxylic acids is 1. The normalized spacial score (nSPS) is 22.1. The lowest BCUT2D eigenvalue weighted by atomic mass is 9.87. The molecule has 2 unspecified atom stereocenters. The van der Waals surface area contributed by atoms with Crippen LogP contribution in [0.1, 0.15) is 60.4 Å². The van der Waals surface area contributed by atoms with E-state index in [0.717, 1.165) is 32.2 Å². The number of aromatic carboxylic acids is 1. The van der Waals surface area contributed by atoms with E-state index in [9.17, 15) is 9.59 Å². The average Bonchev–Trinajstić information content (AvgIpc) is 2.49. The van der Waals surface area contributed by atoms with Crippen molar-refractivity contribution < 1.29 is 14.7 Å². The first kappa shape index (κ1) is 15.5. The molecule has 2 rings (SSSR count). The Morgan fingerprint density at radius 1 is 1.43 bits per heavy atom. The molecule has 0 saturated carbocycles. The zero-order chi connectivity index (χ0) is 15.4. The summed E-state index contributed by atoms with van der Waals surface area (Å²) >= 11 is 0. The van der Waals surface area contributed by atoms with Crippen molar-refractivity contribution in [3.05, 3.63) is 29.6 Å². The van der Waals surface area contributed by atoms with Crippen LogP contribution in [0.5, 0.6) is 0 Å². The van der Waals surface area contributed by atoms with Crippen molar-refractivity contribution in [3.63, 3.8) is 0 Å². The molecule has 1 fully saturated rings.